The summed E-state index contributed by atoms with van der Waals surface area (Å²) in [5, 5.41) is 21.4. The van der Waals surface area contributed by atoms with Gasteiger partial charge in [-0.05, 0) is 5.56 Å². The highest BCUT2D eigenvalue weighted by molar-refractivity contribution is 6.03. The van der Waals surface area contributed by atoms with Crippen LogP contribution in [-0.2, 0) is 0 Å². The molecule has 0 saturated carbocycles. The molecule has 0 unspecified atom stereocenters. The fourth-order valence-electron chi connectivity index (χ4n) is 3.30. The summed E-state index contributed by atoms with van der Waals surface area (Å²) < 4.78 is 0. The zero-order chi connectivity index (χ0) is 23.2. The molecule has 4 rings (SSSR count). The van der Waals surface area contributed by atoms with Crippen LogP contribution in [-0.4, -0.2) is 27.2 Å². The Labute approximate surface area is 187 Å². The van der Waals surface area contributed by atoms with Gasteiger partial charge < -0.3 is 0 Å². The Bertz CT molecular complexity index is 1400. The van der Waals surface area contributed by atoms with Crippen molar-refractivity contribution >= 4 is 17.8 Å². The number of hydrogen-bond acceptors (Lipinski definition) is 6. The number of H-pyrrole nitrogens is 1. The van der Waals surface area contributed by atoms with Crippen LogP contribution < -0.4 is 11.0 Å². The van der Waals surface area contributed by atoms with Crippen LogP contribution in [0.5, 0.6) is 0 Å². The molecule has 4 aromatic rings. The van der Waals surface area contributed by atoms with Gasteiger partial charge in [0.15, 0.2) is 0 Å². The first-order valence-electron chi connectivity index (χ1n) is 9.86. The summed E-state index contributed by atoms with van der Waals surface area (Å²) in [6.07, 6.45) is 1.26. The molecule has 0 spiro atoms. The molecule has 33 heavy (non-hydrogen) atoms. The lowest BCUT2D eigenvalue weighted by molar-refractivity contribution is -0.384. The molecule has 9 heteroatoms. The third-order valence-electron chi connectivity index (χ3n) is 4.78. The topological polar surface area (TPSA) is 130 Å². The van der Waals surface area contributed by atoms with E-state index in [0.29, 0.717) is 22.4 Å². The Kier molecular flexibility index (Phi) is 6.12. The van der Waals surface area contributed by atoms with Gasteiger partial charge in [0, 0.05) is 28.8 Å². The van der Waals surface area contributed by atoms with Crippen molar-refractivity contribution in [1.82, 2.24) is 15.6 Å². The maximum absolute atomic E-state index is 13.0. The summed E-state index contributed by atoms with van der Waals surface area (Å²) >= 11 is 0. The summed E-state index contributed by atoms with van der Waals surface area (Å²) in [4.78, 5) is 36.1. The monoisotopic (exact) mass is 439 g/mol. The quantitative estimate of drug-likeness (QED) is 0.268. The number of aromatic nitrogens is 2. The third-order valence-corrected chi connectivity index (χ3v) is 4.78. The minimum absolute atomic E-state index is 0.102. The number of hydrazone groups is 1. The largest absolute Gasteiger partial charge is 0.277 e. The predicted molar refractivity (Wildman–Crippen MR) is 124 cm³/mol. The van der Waals surface area contributed by atoms with Gasteiger partial charge in [0.1, 0.15) is 5.56 Å². The molecule has 162 valence electrons. The van der Waals surface area contributed by atoms with E-state index in [-0.39, 0.29) is 11.3 Å². The lowest BCUT2D eigenvalue weighted by atomic mass is 9.95. The van der Waals surface area contributed by atoms with E-state index in [2.05, 4.69) is 20.7 Å². The van der Waals surface area contributed by atoms with Crippen LogP contribution in [0.2, 0.25) is 0 Å². The van der Waals surface area contributed by atoms with Crippen LogP contribution in [0.15, 0.2) is 94.8 Å². The van der Waals surface area contributed by atoms with Gasteiger partial charge >= 0.3 is 0 Å². The van der Waals surface area contributed by atoms with Crippen LogP contribution in [0, 0.1) is 10.1 Å². The highest BCUT2D eigenvalue weighted by atomic mass is 16.6. The lowest BCUT2D eigenvalue weighted by Gasteiger charge is -2.12. The maximum Gasteiger partial charge on any atom is 0.277 e. The molecule has 0 aliphatic heterocycles. The lowest BCUT2D eigenvalue weighted by Crippen LogP contribution is -2.28. The minimum Gasteiger partial charge on any atom is -0.267 e. The Morgan fingerprint density at radius 3 is 2.30 bits per heavy atom. The number of benzene rings is 3. The Hall–Kier alpha value is -4.92. The number of hydrogen-bond donors (Lipinski definition) is 2. The molecule has 0 bridgehead atoms. The molecule has 0 aliphatic carbocycles. The zero-order valence-corrected chi connectivity index (χ0v) is 17.1. The first-order valence-corrected chi connectivity index (χ1v) is 9.86. The van der Waals surface area contributed by atoms with Crippen LogP contribution >= 0.6 is 0 Å². The van der Waals surface area contributed by atoms with Crippen molar-refractivity contribution in [3.63, 3.8) is 0 Å². The van der Waals surface area contributed by atoms with Gasteiger partial charge in [-0.15, -0.1) is 0 Å². The first-order chi connectivity index (χ1) is 16.0. The molecule has 2 N–H and O–H groups in total. The van der Waals surface area contributed by atoms with Crippen LogP contribution in [0.25, 0.3) is 22.4 Å². The van der Waals surface area contributed by atoms with Crippen molar-refractivity contribution in [2.24, 2.45) is 5.10 Å². The van der Waals surface area contributed by atoms with Crippen molar-refractivity contribution in [2.75, 3.05) is 0 Å². The van der Waals surface area contributed by atoms with E-state index in [1.165, 1.54) is 24.4 Å². The fraction of sp³-hybridized carbons (Fsp3) is 0. The normalized spacial score (nSPS) is 10.8. The molecule has 9 nitrogen and oxygen atoms in total. The number of rotatable bonds is 6. The number of nitro benzene ring substituents is 1. The number of amides is 1. The molecule has 0 radical (unpaired) electrons. The number of non-ortho nitro benzene ring substituents is 1. The average Bonchev–Trinajstić information content (AvgIpc) is 2.85. The highest BCUT2D eigenvalue weighted by Crippen LogP contribution is 2.31. The number of aromatic amines is 1. The van der Waals surface area contributed by atoms with Gasteiger partial charge in [0.05, 0.1) is 16.8 Å². The predicted octanol–water partition coefficient (Wildman–Crippen LogP) is 3.78. The minimum atomic E-state index is -0.739. The molecule has 0 saturated heterocycles. The maximum atomic E-state index is 13.0. The SMILES string of the molecule is O=C(NN=Cc1cccc([N+](=O)[O-])c1)c1c(-c2ccccc2)c(-c2ccccc2)n[nH]c1=O. The van der Waals surface area contributed by atoms with E-state index in [4.69, 9.17) is 0 Å². The van der Waals surface area contributed by atoms with Crippen LogP contribution in [0.3, 0.4) is 0 Å². The smallest absolute Gasteiger partial charge is 0.267 e. The number of nitro groups is 1. The standard InChI is InChI=1S/C24H17N5O4/c30-23(27-25-15-16-8-7-13-19(14-16)29(32)33)21-20(17-9-3-1-4-10-17)22(26-28-24(21)31)18-11-5-2-6-12-18/h1-15H,(H,27,30)(H,28,31). The third kappa shape index (κ3) is 4.72. The van der Waals surface area contributed by atoms with Gasteiger partial charge in [0.2, 0.25) is 0 Å². The number of carbonyl (C=O) groups is 1. The second-order valence-corrected chi connectivity index (χ2v) is 6.93. The summed E-state index contributed by atoms with van der Waals surface area (Å²) in [5.41, 5.74) is 4.01. The van der Waals surface area contributed by atoms with Crippen molar-refractivity contribution < 1.29 is 9.72 Å². The highest BCUT2D eigenvalue weighted by Gasteiger charge is 2.22. The van der Waals surface area contributed by atoms with Gasteiger partial charge in [-0.3, -0.25) is 19.7 Å². The average molecular weight is 439 g/mol. The Balaban J connectivity index is 1.74. The Morgan fingerprint density at radius 1 is 0.970 bits per heavy atom. The van der Waals surface area contributed by atoms with E-state index in [9.17, 15) is 19.7 Å². The molecule has 3 aromatic carbocycles. The molecular formula is C24H17N5O4. The zero-order valence-electron chi connectivity index (χ0n) is 17.1. The molecule has 0 atom stereocenters. The van der Waals surface area contributed by atoms with Crippen molar-refractivity contribution in [3.8, 4) is 22.4 Å². The molecule has 1 aromatic heterocycles. The summed E-state index contributed by atoms with van der Waals surface area (Å²) in [6, 6.07) is 24.0. The molecule has 1 amide bonds. The van der Waals surface area contributed by atoms with Crippen molar-refractivity contribution in [3.05, 3.63) is 117 Å². The van der Waals surface area contributed by atoms with Crippen molar-refractivity contribution in [2.45, 2.75) is 0 Å². The number of nitrogens with zero attached hydrogens (tertiary/aromatic N) is 3. The van der Waals surface area contributed by atoms with E-state index in [0.717, 1.165) is 5.56 Å². The van der Waals surface area contributed by atoms with Crippen LogP contribution in [0.1, 0.15) is 15.9 Å². The van der Waals surface area contributed by atoms with E-state index >= 15 is 0 Å². The van der Waals surface area contributed by atoms with E-state index in [1.807, 2.05) is 36.4 Å². The molecular weight excluding hydrogens is 422 g/mol. The Morgan fingerprint density at radius 2 is 1.64 bits per heavy atom. The fourth-order valence-corrected chi connectivity index (χ4v) is 3.30. The van der Waals surface area contributed by atoms with Crippen molar-refractivity contribution in [1.29, 1.82) is 0 Å². The van der Waals surface area contributed by atoms with Crippen LogP contribution in [0.4, 0.5) is 5.69 Å². The van der Waals surface area contributed by atoms with Gasteiger partial charge in [-0.25, -0.2) is 10.5 Å². The number of nitrogens with one attached hydrogen (secondary N) is 2. The molecule has 0 fully saturated rings. The molecule has 0 aliphatic rings. The van der Waals surface area contributed by atoms with Gasteiger partial charge in [0.25, 0.3) is 17.2 Å². The first kappa shape index (κ1) is 21.3. The second-order valence-electron chi connectivity index (χ2n) is 6.93. The van der Waals surface area contributed by atoms with E-state index < -0.39 is 16.4 Å². The van der Waals surface area contributed by atoms with E-state index in [1.54, 1.807) is 30.3 Å². The van der Waals surface area contributed by atoms with Gasteiger partial charge in [-0.1, -0.05) is 72.8 Å². The van der Waals surface area contributed by atoms with Gasteiger partial charge in [-0.2, -0.15) is 10.2 Å². The summed E-state index contributed by atoms with van der Waals surface area (Å²) in [7, 11) is 0. The summed E-state index contributed by atoms with van der Waals surface area (Å²) in [5.74, 6) is -0.739. The molecule has 1 heterocycles. The number of carbonyl (C=O) groups excluding carboxylic acids is 1. The second kappa shape index (κ2) is 9.48. The summed E-state index contributed by atoms with van der Waals surface area (Å²) in [6.45, 7) is 0.